The Hall–Kier alpha value is -0.690. The lowest BCUT2D eigenvalue weighted by Crippen LogP contribution is -2.58. The van der Waals surface area contributed by atoms with E-state index in [2.05, 4.69) is 16.8 Å². The normalized spacial score (nSPS) is 35.0. The number of carbonyl (C=O) groups is 1. The third-order valence-electron chi connectivity index (χ3n) is 5.15. The van der Waals surface area contributed by atoms with E-state index in [1.165, 1.54) is 0 Å². The van der Waals surface area contributed by atoms with Crippen LogP contribution in [0.15, 0.2) is 0 Å². The summed E-state index contributed by atoms with van der Waals surface area (Å²) in [6, 6.07) is 0. The van der Waals surface area contributed by atoms with Crippen LogP contribution in [0.1, 0.15) is 25.7 Å². The zero-order chi connectivity index (χ0) is 15.6. The van der Waals surface area contributed by atoms with Gasteiger partial charge in [-0.05, 0) is 39.3 Å². The minimum atomic E-state index is -0.590. The molecule has 1 amide bonds. The predicted molar refractivity (Wildman–Crippen MR) is 83.7 cm³/mol. The lowest BCUT2D eigenvalue weighted by atomic mass is 9.92. The summed E-state index contributed by atoms with van der Waals surface area (Å²) in [6.45, 7) is 6.48. The van der Waals surface area contributed by atoms with Crippen LogP contribution in [0.2, 0.25) is 0 Å². The highest BCUT2D eigenvalue weighted by Crippen LogP contribution is 2.22. The fourth-order valence-corrected chi connectivity index (χ4v) is 3.99. The molecule has 0 aromatic rings. The lowest BCUT2D eigenvalue weighted by molar-refractivity contribution is -0.143. The van der Waals surface area contributed by atoms with Crippen molar-refractivity contribution in [1.82, 2.24) is 14.7 Å². The number of piperidine rings is 1. The van der Waals surface area contributed by atoms with E-state index in [-0.39, 0.29) is 12.0 Å². The van der Waals surface area contributed by atoms with E-state index in [4.69, 9.17) is 4.74 Å². The second kappa shape index (κ2) is 6.83. The van der Waals surface area contributed by atoms with Gasteiger partial charge in [-0.25, -0.2) is 0 Å². The number of nitrogens with zero attached hydrogens (tertiary/aromatic N) is 3. The molecule has 0 bridgehead atoms. The van der Waals surface area contributed by atoms with Gasteiger partial charge >= 0.3 is 0 Å². The number of hydrogen-bond donors (Lipinski definition) is 1. The van der Waals surface area contributed by atoms with E-state index >= 15 is 0 Å². The maximum absolute atomic E-state index is 12.3. The molecular weight excluding hydrogens is 282 g/mol. The third kappa shape index (κ3) is 3.79. The molecule has 1 N–H and O–H groups in total. The van der Waals surface area contributed by atoms with Crippen molar-refractivity contribution < 1.29 is 14.6 Å². The van der Waals surface area contributed by atoms with Crippen molar-refractivity contribution in [2.45, 2.75) is 37.4 Å². The van der Waals surface area contributed by atoms with E-state index in [1.807, 2.05) is 4.90 Å². The highest BCUT2D eigenvalue weighted by molar-refractivity contribution is 5.81. The van der Waals surface area contributed by atoms with Crippen LogP contribution in [0.5, 0.6) is 0 Å². The molecular formula is C16H29N3O3. The molecule has 2 unspecified atom stereocenters. The first-order valence-electron chi connectivity index (χ1n) is 8.59. The molecule has 3 saturated heterocycles. The number of aliphatic hydroxyl groups is 1. The molecule has 0 saturated carbocycles. The van der Waals surface area contributed by atoms with Crippen LogP contribution in [0, 0.1) is 0 Å². The molecule has 0 aliphatic carbocycles. The Bertz CT molecular complexity index is 392. The number of amides is 1. The van der Waals surface area contributed by atoms with E-state index in [0.29, 0.717) is 0 Å². The number of hydrogen-bond acceptors (Lipinski definition) is 5. The third-order valence-corrected chi connectivity index (χ3v) is 5.15. The number of β-amino-alcohol motifs (C(OH)–C–C–N with tert-alkyl or cyclic N) is 1. The van der Waals surface area contributed by atoms with Crippen LogP contribution in [0.3, 0.4) is 0 Å². The standard InChI is InChI=1S/C16H29N3O3/c1-17-6-3-5-16(21,12-17)13-18-7-9-19(10-8-18)15(20)14-4-2-11-22-14/h14,21H,2-13H2,1H3. The molecule has 6 nitrogen and oxygen atoms in total. The molecule has 22 heavy (non-hydrogen) atoms. The molecule has 3 fully saturated rings. The maximum atomic E-state index is 12.3. The Balaban J connectivity index is 1.46. The van der Waals surface area contributed by atoms with Gasteiger partial charge in [0.1, 0.15) is 6.10 Å². The van der Waals surface area contributed by atoms with Gasteiger partial charge in [-0.1, -0.05) is 0 Å². The van der Waals surface area contributed by atoms with Gasteiger partial charge in [0.15, 0.2) is 0 Å². The highest BCUT2D eigenvalue weighted by atomic mass is 16.5. The zero-order valence-corrected chi connectivity index (χ0v) is 13.7. The molecule has 126 valence electrons. The average molecular weight is 311 g/mol. The van der Waals surface area contributed by atoms with E-state index in [1.54, 1.807) is 0 Å². The Kier molecular flexibility index (Phi) is 5.02. The van der Waals surface area contributed by atoms with Crippen LogP contribution in [-0.4, -0.2) is 96.9 Å². The van der Waals surface area contributed by atoms with Crippen LogP contribution in [-0.2, 0) is 9.53 Å². The summed E-state index contributed by atoms with van der Waals surface area (Å²) in [5.41, 5.74) is -0.590. The molecule has 6 heteroatoms. The minimum Gasteiger partial charge on any atom is -0.387 e. The van der Waals surface area contributed by atoms with E-state index < -0.39 is 5.60 Å². The average Bonchev–Trinajstić information content (AvgIpc) is 3.01. The van der Waals surface area contributed by atoms with Crippen molar-refractivity contribution in [3.05, 3.63) is 0 Å². The second-order valence-corrected chi connectivity index (χ2v) is 7.17. The summed E-state index contributed by atoms with van der Waals surface area (Å²) < 4.78 is 5.49. The van der Waals surface area contributed by atoms with Gasteiger partial charge in [0.05, 0.1) is 5.60 Å². The van der Waals surface area contributed by atoms with Crippen LogP contribution in [0.25, 0.3) is 0 Å². The highest BCUT2D eigenvalue weighted by Gasteiger charge is 2.36. The molecule has 3 aliphatic rings. The Morgan fingerprint density at radius 1 is 1.23 bits per heavy atom. The summed E-state index contributed by atoms with van der Waals surface area (Å²) in [7, 11) is 2.07. The van der Waals surface area contributed by atoms with Crippen molar-refractivity contribution in [1.29, 1.82) is 0 Å². The molecule has 2 atom stereocenters. The van der Waals surface area contributed by atoms with Crippen molar-refractivity contribution in [2.24, 2.45) is 0 Å². The van der Waals surface area contributed by atoms with Gasteiger partial charge in [0, 0.05) is 45.9 Å². The molecule has 0 aromatic heterocycles. The number of ether oxygens (including phenoxy) is 1. The van der Waals surface area contributed by atoms with Crippen molar-refractivity contribution in [3.63, 3.8) is 0 Å². The molecule has 0 radical (unpaired) electrons. The Morgan fingerprint density at radius 3 is 2.64 bits per heavy atom. The van der Waals surface area contributed by atoms with Gasteiger partial charge in [-0.2, -0.15) is 0 Å². The summed E-state index contributed by atoms with van der Waals surface area (Å²) in [4.78, 5) is 18.8. The summed E-state index contributed by atoms with van der Waals surface area (Å²) in [5, 5.41) is 10.8. The number of likely N-dealkylation sites (tertiary alicyclic amines) is 1. The maximum Gasteiger partial charge on any atom is 0.251 e. The van der Waals surface area contributed by atoms with Crippen LogP contribution >= 0.6 is 0 Å². The van der Waals surface area contributed by atoms with E-state index in [0.717, 1.165) is 78.1 Å². The zero-order valence-electron chi connectivity index (χ0n) is 13.7. The van der Waals surface area contributed by atoms with Crippen molar-refractivity contribution in [2.75, 3.05) is 59.5 Å². The molecule has 0 spiro atoms. The van der Waals surface area contributed by atoms with Gasteiger partial charge in [0.2, 0.25) is 0 Å². The fraction of sp³-hybridized carbons (Fsp3) is 0.938. The minimum absolute atomic E-state index is 0.160. The quantitative estimate of drug-likeness (QED) is 0.780. The molecule has 3 heterocycles. The molecule has 0 aromatic carbocycles. The van der Waals surface area contributed by atoms with Crippen molar-refractivity contribution >= 4 is 5.91 Å². The monoisotopic (exact) mass is 311 g/mol. The van der Waals surface area contributed by atoms with Gasteiger partial charge in [0.25, 0.3) is 5.91 Å². The first kappa shape index (κ1) is 16.2. The largest absolute Gasteiger partial charge is 0.387 e. The van der Waals surface area contributed by atoms with E-state index in [9.17, 15) is 9.90 Å². The van der Waals surface area contributed by atoms with Gasteiger partial charge in [-0.15, -0.1) is 0 Å². The Morgan fingerprint density at radius 2 is 2.00 bits per heavy atom. The smallest absolute Gasteiger partial charge is 0.251 e. The second-order valence-electron chi connectivity index (χ2n) is 7.17. The van der Waals surface area contributed by atoms with Gasteiger partial charge in [-0.3, -0.25) is 9.69 Å². The number of piperazine rings is 1. The van der Waals surface area contributed by atoms with Crippen LogP contribution < -0.4 is 0 Å². The number of likely N-dealkylation sites (N-methyl/N-ethyl adjacent to an activating group) is 1. The SMILES string of the molecule is CN1CCCC(O)(CN2CCN(C(=O)C3CCCO3)CC2)C1. The summed E-state index contributed by atoms with van der Waals surface area (Å²) in [5.74, 6) is 0.160. The lowest BCUT2D eigenvalue weighted by Gasteiger charge is -2.43. The van der Waals surface area contributed by atoms with Gasteiger partial charge < -0.3 is 19.6 Å². The number of rotatable bonds is 3. The first-order chi connectivity index (χ1) is 10.6. The Labute approximate surface area is 133 Å². The van der Waals surface area contributed by atoms with Crippen molar-refractivity contribution in [3.8, 4) is 0 Å². The summed E-state index contributed by atoms with van der Waals surface area (Å²) >= 11 is 0. The first-order valence-corrected chi connectivity index (χ1v) is 8.59. The topological polar surface area (TPSA) is 56.2 Å². The molecule has 3 rings (SSSR count). The number of carbonyl (C=O) groups excluding carboxylic acids is 1. The summed E-state index contributed by atoms with van der Waals surface area (Å²) in [6.07, 6.45) is 3.60. The fourth-order valence-electron chi connectivity index (χ4n) is 3.99. The van der Waals surface area contributed by atoms with Crippen LogP contribution in [0.4, 0.5) is 0 Å². The molecule has 3 aliphatic heterocycles. The predicted octanol–water partition coefficient (Wildman–Crippen LogP) is -0.234.